The zero-order chi connectivity index (χ0) is 21.7. The Morgan fingerprint density at radius 3 is 2.13 bits per heavy atom. The highest BCUT2D eigenvalue weighted by Gasteiger charge is 2.28. The van der Waals surface area contributed by atoms with Gasteiger partial charge < -0.3 is 19.3 Å². The molecule has 0 aliphatic carbocycles. The van der Waals surface area contributed by atoms with Gasteiger partial charge in [0.25, 0.3) is 11.8 Å². The van der Waals surface area contributed by atoms with Crippen LogP contribution in [0.15, 0.2) is 42.5 Å². The van der Waals surface area contributed by atoms with Crippen LogP contribution in [0, 0.1) is 5.82 Å². The van der Waals surface area contributed by atoms with Crippen LogP contribution in [0.1, 0.15) is 27.6 Å². The van der Waals surface area contributed by atoms with Gasteiger partial charge in [-0.2, -0.15) is 0 Å². The molecule has 3 rings (SSSR count). The molecule has 0 aromatic heterocycles. The standard InChI is InChI=1S/C21H20ClFN2O5/c1-2-29-21(28)30-15-8-6-14(7-9-15)19(26)24-10-12-25(13-11-24)20(27)18-16(22)4-3-5-17(18)23/h3-9H,2,10-13H2,1H3. The van der Waals surface area contributed by atoms with E-state index in [-0.39, 0.29) is 41.9 Å². The lowest BCUT2D eigenvalue weighted by molar-refractivity contribution is 0.0533. The first-order valence-corrected chi connectivity index (χ1v) is 9.75. The normalized spacial score (nSPS) is 13.7. The van der Waals surface area contributed by atoms with Gasteiger partial charge in [-0.1, -0.05) is 17.7 Å². The van der Waals surface area contributed by atoms with E-state index in [1.54, 1.807) is 24.0 Å². The zero-order valence-electron chi connectivity index (χ0n) is 16.3. The summed E-state index contributed by atoms with van der Waals surface area (Å²) in [5, 5.41) is 0.0589. The van der Waals surface area contributed by atoms with Crippen LogP contribution in [-0.4, -0.2) is 60.6 Å². The van der Waals surface area contributed by atoms with Gasteiger partial charge in [-0.25, -0.2) is 9.18 Å². The fourth-order valence-corrected chi connectivity index (χ4v) is 3.31. The highest BCUT2D eigenvalue weighted by Crippen LogP contribution is 2.22. The van der Waals surface area contributed by atoms with Gasteiger partial charge in [-0.05, 0) is 43.3 Å². The molecule has 1 heterocycles. The predicted molar refractivity (Wildman–Crippen MR) is 107 cm³/mol. The lowest BCUT2D eigenvalue weighted by Crippen LogP contribution is -2.50. The molecule has 0 N–H and O–H groups in total. The van der Waals surface area contributed by atoms with Crippen molar-refractivity contribution in [3.63, 3.8) is 0 Å². The Balaban J connectivity index is 1.59. The molecule has 0 bridgehead atoms. The molecule has 1 aliphatic rings. The van der Waals surface area contributed by atoms with Crippen molar-refractivity contribution in [2.45, 2.75) is 6.92 Å². The third kappa shape index (κ3) is 4.88. The summed E-state index contributed by atoms with van der Waals surface area (Å²) in [6.45, 7) is 3.00. The molecule has 1 saturated heterocycles. The van der Waals surface area contributed by atoms with E-state index in [1.165, 1.54) is 35.2 Å². The number of halogens is 2. The van der Waals surface area contributed by atoms with Gasteiger partial charge >= 0.3 is 6.16 Å². The summed E-state index contributed by atoms with van der Waals surface area (Å²) >= 11 is 5.97. The largest absolute Gasteiger partial charge is 0.513 e. The zero-order valence-corrected chi connectivity index (χ0v) is 17.0. The van der Waals surface area contributed by atoms with Crippen LogP contribution in [0.5, 0.6) is 5.75 Å². The minimum Gasteiger partial charge on any atom is -0.434 e. The lowest BCUT2D eigenvalue weighted by atomic mass is 10.1. The van der Waals surface area contributed by atoms with Crippen LogP contribution >= 0.6 is 11.6 Å². The number of hydrogen-bond donors (Lipinski definition) is 0. The summed E-state index contributed by atoms with van der Waals surface area (Å²) in [5.74, 6) is -1.11. The van der Waals surface area contributed by atoms with Gasteiger partial charge in [0, 0.05) is 31.7 Å². The maximum atomic E-state index is 14.0. The minimum absolute atomic E-state index is 0.0589. The first-order valence-electron chi connectivity index (χ1n) is 9.38. The summed E-state index contributed by atoms with van der Waals surface area (Å²) in [5.41, 5.74) is 0.263. The monoisotopic (exact) mass is 434 g/mol. The number of carbonyl (C=O) groups excluding carboxylic acids is 3. The summed E-state index contributed by atoms with van der Waals surface area (Å²) in [7, 11) is 0. The number of piperazine rings is 1. The van der Waals surface area contributed by atoms with E-state index < -0.39 is 17.9 Å². The van der Waals surface area contributed by atoms with E-state index >= 15 is 0 Å². The molecule has 0 radical (unpaired) electrons. The van der Waals surface area contributed by atoms with Gasteiger partial charge in [0.1, 0.15) is 11.6 Å². The SMILES string of the molecule is CCOC(=O)Oc1ccc(C(=O)N2CCN(C(=O)c3c(F)cccc3Cl)CC2)cc1. The Hall–Kier alpha value is -3.13. The average Bonchev–Trinajstić information content (AvgIpc) is 2.74. The van der Waals surface area contributed by atoms with E-state index in [0.717, 1.165) is 0 Å². The van der Waals surface area contributed by atoms with Crippen molar-refractivity contribution in [2.24, 2.45) is 0 Å². The molecular formula is C21H20ClFN2O5. The minimum atomic E-state index is -0.813. The number of rotatable bonds is 4. The fourth-order valence-electron chi connectivity index (χ4n) is 3.06. The van der Waals surface area contributed by atoms with Crippen molar-refractivity contribution < 1.29 is 28.2 Å². The quantitative estimate of drug-likeness (QED) is 0.542. The van der Waals surface area contributed by atoms with Crippen molar-refractivity contribution in [3.8, 4) is 5.75 Å². The Morgan fingerprint density at radius 2 is 1.57 bits per heavy atom. The Morgan fingerprint density at radius 1 is 0.967 bits per heavy atom. The average molecular weight is 435 g/mol. The van der Waals surface area contributed by atoms with E-state index in [0.29, 0.717) is 18.7 Å². The molecule has 0 spiro atoms. The molecule has 1 fully saturated rings. The molecule has 0 unspecified atom stereocenters. The Labute approximate surface area is 177 Å². The molecule has 158 valence electrons. The van der Waals surface area contributed by atoms with Crippen LogP contribution in [0.2, 0.25) is 5.02 Å². The van der Waals surface area contributed by atoms with E-state index in [4.69, 9.17) is 21.1 Å². The molecule has 2 amide bonds. The molecule has 0 saturated carbocycles. The number of amides is 2. The summed E-state index contributed by atoms with van der Waals surface area (Å²) in [4.78, 5) is 39.7. The van der Waals surface area contributed by atoms with Crippen molar-refractivity contribution in [1.82, 2.24) is 9.80 Å². The Kier molecular flexibility index (Phi) is 6.89. The highest BCUT2D eigenvalue weighted by molar-refractivity contribution is 6.33. The number of ether oxygens (including phenoxy) is 2. The van der Waals surface area contributed by atoms with Gasteiger partial charge in [-0.3, -0.25) is 9.59 Å². The Bertz CT molecular complexity index is 923. The maximum Gasteiger partial charge on any atom is 0.513 e. The smallest absolute Gasteiger partial charge is 0.434 e. The number of nitrogens with zero attached hydrogens (tertiary/aromatic N) is 2. The van der Waals surface area contributed by atoms with Crippen LogP contribution in [0.4, 0.5) is 9.18 Å². The van der Waals surface area contributed by atoms with E-state index in [9.17, 15) is 18.8 Å². The fraction of sp³-hybridized carbons (Fsp3) is 0.286. The van der Waals surface area contributed by atoms with Crippen molar-refractivity contribution in [1.29, 1.82) is 0 Å². The molecule has 2 aromatic rings. The van der Waals surface area contributed by atoms with Crippen LogP contribution < -0.4 is 4.74 Å². The van der Waals surface area contributed by atoms with Crippen LogP contribution in [-0.2, 0) is 4.74 Å². The van der Waals surface area contributed by atoms with Crippen molar-refractivity contribution >= 4 is 29.6 Å². The lowest BCUT2D eigenvalue weighted by Gasteiger charge is -2.35. The van der Waals surface area contributed by atoms with Crippen molar-refractivity contribution in [2.75, 3.05) is 32.8 Å². The molecule has 30 heavy (non-hydrogen) atoms. The van der Waals surface area contributed by atoms with E-state index in [2.05, 4.69) is 0 Å². The van der Waals surface area contributed by atoms with E-state index in [1.807, 2.05) is 0 Å². The van der Waals surface area contributed by atoms with Crippen LogP contribution in [0.25, 0.3) is 0 Å². The number of hydrogen-bond acceptors (Lipinski definition) is 5. The summed E-state index contributed by atoms with van der Waals surface area (Å²) < 4.78 is 23.7. The predicted octanol–water partition coefficient (Wildman–Crippen LogP) is 3.61. The maximum absolute atomic E-state index is 14.0. The second kappa shape index (κ2) is 9.58. The van der Waals surface area contributed by atoms with Gasteiger partial charge in [0.05, 0.1) is 17.2 Å². The number of benzene rings is 2. The third-order valence-corrected chi connectivity index (χ3v) is 4.91. The molecular weight excluding hydrogens is 415 g/mol. The van der Waals surface area contributed by atoms with Crippen LogP contribution in [0.3, 0.4) is 0 Å². The van der Waals surface area contributed by atoms with Gasteiger partial charge in [-0.15, -0.1) is 0 Å². The molecule has 9 heteroatoms. The topological polar surface area (TPSA) is 76.2 Å². The third-order valence-electron chi connectivity index (χ3n) is 4.60. The first-order chi connectivity index (χ1) is 14.4. The van der Waals surface area contributed by atoms with Gasteiger partial charge in [0.2, 0.25) is 0 Å². The first kappa shape index (κ1) is 21.6. The van der Waals surface area contributed by atoms with Gasteiger partial charge in [0.15, 0.2) is 0 Å². The second-order valence-corrected chi connectivity index (χ2v) is 6.90. The molecule has 7 nitrogen and oxygen atoms in total. The number of carbonyl (C=O) groups is 3. The van der Waals surface area contributed by atoms with Crippen molar-refractivity contribution in [3.05, 3.63) is 64.4 Å². The summed E-state index contributed by atoms with van der Waals surface area (Å²) in [6.07, 6.45) is -0.813. The molecule has 1 aliphatic heterocycles. The second-order valence-electron chi connectivity index (χ2n) is 6.49. The molecule has 0 atom stereocenters. The molecule has 2 aromatic carbocycles. The highest BCUT2D eigenvalue weighted by atomic mass is 35.5. The summed E-state index contributed by atoms with van der Waals surface area (Å²) in [6, 6.07) is 10.2.